The SMILES string of the molecule is O=C(CSc1nc2ccccc2c(=O)n1-c1ccc(F)cc1)NCc1ccc2c(c1)OCO2. The highest BCUT2D eigenvalue weighted by Crippen LogP contribution is 2.32. The van der Waals surface area contributed by atoms with E-state index in [0.717, 1.165) is 17.3 Å². The van der Waals surface area contributed by atoms with E-state index in [1.807, 2.05) is 12.1 Å². The Balaban J connectivity index is 1.35. The van der Waals surface area contributed by atoms with Crippen LogP contribution in [0.3, 0.4) is 0 Å². The number of carbonyl (C=O) groups excluding carboxylic acids is 1. The summed E-state index contributed by atoms with van der Waals surface area (Å²) in [5, 5.41) is 3.65. The van der Waals surface area contributed by atoms with E-state index in [1.165, 1.54) is 28.8 Å². The van der Waals surface area contributed by atoms with E-state index < -0.39 is 5.82 Å². The van der Waals surface area contributed by atoms with E-state index >= 15 is 0 Å². The topological polar surface area (TPSA) is 82.5 Å². The van der Waals surface area contributed by atoms with Crippen LogP contribution in [0.4, 0.5) is 4.39 Å². The Bertz CT molecular complexity index is 1410. The minimum Gasteiger partial charge on any atom is -0.454 e. The quantitative estimate of drug-likeness (QED) is 0.347. The van der Waals surface area contributed by atoms with Crippen LogP contribution >= 0.6 is 11.8 Å². The van der Waals surface area contributed by atoms with Crippen molar-refractivity contribution in [1.82, 2.24) is 14.9 Å². The molecule has 1 aliphatic heterocycles. The monoisotopic (exact) mass is 463 g/mol. The Morgan fingerprint density at radius 2 is 1.85 bits per heavy atom. The Morgan fingerprint density at radius 3 is 2.70 bits per heavy atom. The summed E-state index contributed by atoms with van der Waals surface area (Å²) in [5.74, 6) is 0.765. The van der Waals surface area contributed by atoms with Crippen molar-refractivity contribution in [3.05, 3.63) is 88.5 Å². The molecule has 0 spiro atoms. The Labute approximate surface area is 192 Å². The predicted octanol–water partition coefficient (Wildman–Crippen LogP) is 3.66. The summed E-state index contributed by atoms with van der Waals surface area (Å²) in [7, 11) is 0. The van der Waals surface area contributed by atoms with E-state index in [9.17, 15) is 14.0 Å². The van der Waals surface area contributed by atoms with Gasteiger partial charge in [0.15, 0.2) is 16.7 Å². The zero-order valence-corrected chi connectivity index (χ0v) is 18.1. The number of nitrogens with one attached hydrogen (secondary N) is 1. The first-order chi connectivity index (χ1) is 16.1. The van der Waals surface area contributed by atoms with Crippen molar-refractivity contribution >= 4 is 28.6 Å². The molecule has 1 aromatic heterocycles. The number of hydrogen-bond donors (Lipinski definition) is 1. The average Bonchev–Trinajstić information content (AvgIpc) is 3.30. The molecule has 7 nitrogen and oxygen atoms in total. The summed E-state index contributed by atoms with van der Waals surface area (Å²) in [4.78, 5) is 30.3. The van der Waals surface area contributed by atoms with Gasteiger partial charge >= 0.3 is 0 Å². The molecule has 4 aromatic rings. The van der Waals surface area contributed by atoms with Gasteiger partial charge in [0.1, 0.15) is 5.82 Å². The van der Waals surface area contributed by atoms with E-state index in [1.54, 1.807) is 30.3 Å². The van der Waals surface area contributed by atoms with Gasteiger partial charge in [0.25, 0.3) is 5.56 Å². The van der Waals surface area contributed by atoms with Crippen molar-refractivity contribution in [2.45, 2.75) is 11.7 Å². The maximum atomic E-state index is 13.4. The average molecular weight is 463 g/mol. The van der Waals surface area contributed by atoms with Crippen LogP contribution in [0.2, 0.25) is 0 Å². The molecule has 0 saturated heterocycles. The van der Waals surface area contributed by atoms with Crippen LogP contribution < -0.4 is 20.3 Å². The number of hydrogen-bond acceptors (Lipinski definition) is 6. The third kappa shape index (κ3) is 4.40. The van der Waals surface area contributed by atoms with Gasteiger partial charge in [-0.3, -0.25) is 14.2 Å². The van der Waals surface area contributed by atoms with Gasteiger partial charge in [-0.15, -0.1) is 0 Å². The highest BCUT2D eigenvalue weighted by molar-refractivity contribution is 7.99. The normalized spacial score (nSPS) is 12.2. The van der Waals surface area contributed by atoms with E-state index in [4.69, 9.17) is 9.47 Å². The van der Waals surface area contributed by atoms with Crippen molar-refractivity contribution in [1.29, 1.82) is 0 Å². The highest BCUT2D eigenvalue weighted by Gasteiger charge is 2.16. The Hall–Kier alpha value is -3.85. The lowest BCUT2D eigenvalue weighted by Gasteiger charge is -2.13. The van der Waals surface area contributed by atoms with Gasteiger partial charge in [0, 0.05) is 6.54 Å². The lowest BCUT2D eigenvalue weighted by Crippen LogP contribution is -2.26. The van der Waals surface area contributed by atoms with Gasteiger partial charge in [0.05, 0.1) is 22.3 Å². The fourth-order valence-corrected chi connectivity index (χ4v) is 4.30. The summed E-state index contributed by atoms with van der Waals surface area (Å²) < 4.78 is 25.5. The standard InChI is InChI=1S/C24H18FN3O4S/c25-16-6-8-17(9-7-16)28-23(30)18-3-1-2-4-19(18)27-24(28)33-13-22(29)26-12-15-5-10-20-21(11-15)32-14-31-20/h1-11H,12-14H2,(H,26,29). The molecule has 0 radical (unpaired) electrons. The molecule has 9 heteroatoms. The number of carbonyl (C=O) groups is 1. The molecule has 5 rings (SSSR count). The van der Waals surface area contributed by atoms with Crippen molar-refractivity contribution in [2.24, 2.45) is 0 Å². The molecule has 1 aliphatic rings. The lowest BCUT2D eigenvalue weighted by molar-refractivity contribution is -0.118. The van der Waals surface area contributed by atoms with Crippen LogP contribution in [0.25, 0.3) is 16.6 Å². The molecule has 0 saturated carbocycles. The number of benzene rings is 3. The minimum absolute atomic E-state index is 0.0521. The summed E-state index contributed by atoms with van der Waals surface area (Å²) in [6, 6.07) is 18.1. The summed E-state index contributed by atoms with van der Waals surface area (Å²) in [5.41, 5.74) is 1.60. The first kappa shape index (κ1) is 21.0. The zero-order chi connectivity index (χ0) is 22.8. The molecule has 2 heterocycles. The third-order valence-electron chi connectivity index (χ3n) is 5.09. The van der Waals surface area contributed by atoms with Crippen LogP contribution in [0.1, 0.15) is 5.56 Å². The molecule has 3 aromatic carbocycles. The second kappa shape index (κ2) is 8.95. The number of thioether (sulfide) groups is 1. The fraction of sp³-hybridized carbons (Fsp3) is 0.125. The Morgan fingerprint density at radius 1 is 1.06 bits per heavy atom. The highest BCUT2D eigenvalue weighted by atomic mass is 32.2. The van der Waals surface area contributed by atoms with Crippen LogP contribution in [-0.2, 0) is 11.3 Å². The number of aromatic nitrogens is 2. The lowest BCUT2D eigenvalue weighted by atomic mass is 10.2. The van der Waals surface area contributed by atoms with Crippen LogP contribution in [0, 0.1) is 5.82 Å². The molecule has 0 bridgehead atoms. The summed E-state index contributed by atoms with van der Waals surface area (Å²) in [6.45, 7) is 0.516. The third-order valence-corrected chi connectivity index (χ3v) is 6.03. The largest absolute Gasteiger partial charge is 0.454 e. The van der Waals surface area contributed by atoms with Gasteiger partial charge in [-0.1, -0.05) is 30.0 Å². The Kier molecular flexibility index (Phi) is 5.70. The van der Waals surface area contributed by atoms with Gasteiger partial charge in [0.2, 0.25) is 12.7 Å². The number of amides is 1. The van der Waals surface area contributed by atoms with Gasteiger partial charge < -0.3 is 14.8 Å². The maximum Gasteiger partial charge on any atom is 0.266 e. The molecular weight excluding hydrogens is 445 g/mol. The molecule has 166 valence electrons. The smallest absolute Gasteiger partial charge is 0.266 e. The van der Waals surface area contributed by atoms with Crippen LogP contribution in [0.5, 0.6) is 11.5 Å². The first-order valence-corrected chi connectivity index (χ1v) is 11.1. The number of ether oxygens (including phenoxy) is 2. The van der Waals surface area contributed by atoms with E-state index in [0.29, 0.717) is 39.8 Å². The minimum atomic E-state index is -0.405. The number of rotatable bonds is 6. The maximum absolute atomic E-state index is 13.4. The zero-order valence-electron chi connectivity index (χ0n) is 17.3. The predicted molar refractivity (Wildman–Crippen MR) is 122 cm³/mol. The fourth-order valence-electron chi connectivity index (χ4n) is 3.46. The molecule has 0 unspecified atom stereocenters. The van der Waals surface area contributed by atoms with Gasteiger partial charge in [-0.05, 0) is 54.1 Å². The number of fused-ring (bicyclic) bond motifs is 2. The van der Waals surface area contributed by atoms with E-state index in [2.05, 4.69) is 10.3 Å². The van der Waals surface area contributed by atoms with Crippen molar-refractivity contribution in [2.75, 3.05) is 12.5 Å². The van der Waals surface area contributed by atoms with Crippen LogP contribution in [-0.4, -0.2) is 28.0 Å². The van der Waals surface area contributed by atoms with Gasteiger partial charge in [-0.25, -0.2) is 9.37 Å². The molecule has 0 aliphatic carbocycles. The van der Waals surface area contributed by atoms with Crippen molar-refractivity contribution in [3.8, 4) is 17.2 Å². The van der Waals surface area contributed by atoms with Crippen molar-refractivity contribution < 1.29 is 18.7 Å². The summed E-state index contributed by atoms with van der Waals surface area (Å²) in [6.07, 6.45) is 0. The number of para-hydroxylation sites is 1. The number of halogens is 1. The summed E-state index contributed by atoms with van der Waals surface area (Å²) >= 11 is 1.14. The second-order valence-electron chi connectivity index (χ2n) is 7.28. The van der Waals surface area contributed by atoms with E-state index in [-0.39, 0.29) is 24.0 Å². The van der Waals surface area contributed by atoms with Gasteiger partial charge in [-0.2, -0.15) is 0 Å². The molecule has 1 N–H and O–H groups in total. The van der Waals surface area contributed by atoms with Crippen molar-refractivity contribution in [3.63, 3.8) is 0 Å². The first-order valence-electron chi connectivity index (χ1n) is 10.1. The molecule has 0 atom stereocenters. The molecule has 33 heavy (non-hydrogen) atoms. The second-order valence-corrected chi connectivity index (χ2v) is 8.22. The molecule has 0 fully saturated rings. The molecule has 1 amide bonds. The number of nitrogens with zero attached hydrogens (tertiary/aromatic N) is 2. The molecular formula is C24H18FN3O4S. The van der Waals surface area contributed by atoms with Crippen LogP contribution in [0.15, 0.2) is 76.7 Å².